The van der Waals surface area contributed by atoms with Crippen molar-refractivity contribution < 1.29 is 0 Å². The lowest BCUT2D eigenvalue weighted by Crippen LogP contribution is -2.43. The largest absolute Gasteiger partial charge is 0.355 e. The lowest BCUT2D eigenvalue weighted by atomic mass is 10.3. The first-order valence-corrected chi connectivity index (χ1v) is 9.23. The van der Waals surface area contributed by atoms with Gasteiger partial charge in [0.2, 0.25) is 0 Å². The molecule has 22 heavy (non-hydrogen) atoms. The number of nitrogens with one attached hydrogen (secondary N) is 2. The molecule has 0 aromatic carbocycles. The van der Waals surface area contributed by atoms with Gasteiger partial charge in [-0.2, -0.15) is 0 Å². The number of rotatable bonds is 8. The molecule has 2 N–H and O–H groups in total. The molecule has 1 aliphatic rings. The van der Waals surface area contributed by atoms with Crippen LogP contribution in [0.2, 0.25) is 0 Å². The number of hydrogen-bond donors (Lipinski definition) is 2. The fourth-order valence-electron chi connectivity index (χ4n) is 2.67. The molecule has 1 heterocycles. The van der Waals surface area contributed by atoms with Gasteiger partial charge in [0, 0.05) is 42.0 Å². The summed E-state index contributed by atoms with van der Waals surface area (Å²) >= 11 is 1.88. The number of aryl methyl sites for hydroxylation is 1. The lowest BCUT2D eigenvalue weighted by molar-refractivity contribution is 0.215. The minimum Gasteiger partial charge on any atom is -0.355 e. The molecule has 1 aromatic heterocycles. The summed E-state index contributed by atoms with van der Waals surface area (Å²) in [6.07, 6.45) is 3.84. The molecule has 4 nitrogen and oxygen atoms in total. The zero-order valence-electron chi connectivity index (χ0n) is 14.4. The summed E-state index contributed by atoms with van der Waals surface area (Å²) in [5, 5.41) is 6.83. The molecule has 5 heteroatoms. The minimum atomic E-state index is 0.628. The van der Waals surface area contributed by atoms with Crippen LogP contribution in [0.25, 0.3) is 0 Å². The Balaban J connectivity index is 1.70. The van der Waals surface area contributed by atoms with E-state index in [1.165, 1.54) is 22.6 Å². The Bertz CT molecular complexity index is 475. The van der Waals surface area contributed by atoms with Crippen molar-refractivity contribution in [2.24, 2.45) is 4.99 Å². The van der Waals surface area contributed by atoms with Gasteiger partial charge in [0.25, 0.3) is 0 Å². The van der Waals surface area contributed by atoms with E-state index in [2.05, 4.69) is 53.4 Å². The van der Waals surface area contributed by atoms with E-state index >= 15 is 0 Å². The highest BCUT2D eigenvalue weighted by Gasteiger charge is 2.30. The third-order valence-corrected chi connectivity index (χ3v) is 5.29. The number of guanidine groups is 1. The highest BCUT2D eigenvalue weighted by Crippen LogP contribution is 2.27. The topological polar surface area (TPSA) is 39.7 Å². The Kier molecular flexibility index (Phi) is 6.70. The minimum absolute atomic E-state index is 0.628. The predicted octanol–water partition coefficient (Wildman–Crippen LogP) is 2.85. The van der Waals surface area contributed by atoms with Crippen molar-refractivity contribution in [2.45, 2.75) is 58.7 Å². The quantitative estimate of drug-likeness (QED) is 0.571. The van der Waals surface area contributed by atoms with Crippen molar-refractivity contribution in [3.05, 3.63) is 21.9 Å². The molecular weight excluding hydrogens is 292 g/mol. The Labute approximate surface area is 139 Å². The molecule has 0 radical (unpaired) electrons. The summed E-state index contributed by atoms with van der Waals surface area (Å²) < 4.78 is 0. The van der Waals surface area contributed by atoms with E-state index in [9.17, 15) is 0 Å². The van der Waals surface area contributed by atoms with Crippen LogP contribution in [0.4, 0.5) is 0 Å². The van der Waals surface area contributed by atoms with Crippen LogP contribution >= 0.6 is 11.3 Å². The van der Waals surface area contributed by atoms with E-state index < -0.39 is 0 Å². The third-order valence-electron chi connectivity index (χ3n) is 4.06. The molecule has 0 saturated heterocycles. The first-order chi connectivity index (χ1) is 10.6. The van der Waals surface area contributed by atoms with Crippen LogP contribution in [0.15, 0.2) is 17.1 Å². The summed E-state index contributed by atoms with van der Waals surface area (Å²) in [7, 11) is 1.84. The van der Waals surface area contributed by atoms with Crippen LogP contribution in [0.1, 0.15) is 43.4 Å². The number of aliphatic imine (C=N–C) groups is 1. The highest BCUT2D eigenvalue weighted by atomic mass is 32.1. The van der Waals surface area contributed by atoms with Gasteiger partial charge in [-0.3, -0.25) is 9.89 Å². The van der Waals surface area contributed by atoms with Gasteiger partial charge in [0.1, 0.15) is 0 Å². The zero-order valence-corrected chi connectivity index (χ0v) is 15.2. The number of hydrogen-bond acceptors (Lipinski definition) is 3. The van der Waals surface area contributed by atoms with Gasteiger partial charge in [0.15, 0.2) is 5.96 Å². The normalized spacial score (nSPS) is 15.6. The molecule has 0 atom stereocenters. The number of thiophene rings is 1. The maximum atomic E-state index is 4.31. The van der Waals surface area contributed by atoms with Gasteiger partial charge in [-0.15, -0.1) is 11.3 Å². The molecule has 1 saturated carbocycles. The van der Waals surface area contributed by atoms with Crippen molar-refractivity contribution in [2.75, 3.05) is 20.1 Å². The SMILES string of the molecule is CCc1ccc(CNC(=NC)NCCN(C(C)C)C2CC2)s1. The average molecular weight is 323 g/mol. The second-order valence-corrected chi connectivity index (χ2v) is 7.39. The third kappa shape index (κ3) is 5.29. The van der Waals surface area contributed by atoms with Gasteiger partial charge >= 0.3 is 0 Å². The van der Waals surface area contributed by atoms with Gasteiger partial charge in [-0.05, 0) is 45.2 Å². The Morgan fingerprint density at radius 2 is 2.05 bits per heavy atom. The summed E-state index contributed by atoms with van der Waals surface area (Å²) in [5.74, 6) is 0.894. The van der Waals surface area contributed by atoms with Crippen molar-refractivity contribution in [3.8, 4) is 0 Å². The summed E-state index contributed by atoms with van der Waals surface area (Å²) in [4.78, 5) is 9.71. The second kappa shape index (κ2) is 8.53. The van der Waals surface area contributed by atoms with Crippen molar-refractivity contribution in [3.63, 3.8) is 0 Å². The van der Waals surface area contributed by atoms with Crippen LogP contribution in [0.3, 0.4) is 0 Å². The van der Waals surface area contributed by atoms with Crippen molar-refractivity contribution in [1.29, 1.82) is 0 Å². The van der Waals surface area contributed by atoms with E-state index in [0.717, 1.165) is 38.1 Å². The summed E-state index contributed by atoms with van der Waals surface area (Å²) in [6.45, 7) is 9.65. The maximum Gasteiger partial charge on any atom is 0.191 e. The van der Waals surface area contributed by atoms with Crippen molar-refractivity contribution >= 4 is 17.3 Å². The second-order valence-electron chi connectivity index (χ2n) is 6.14. The van der Waals surface area contributed by atoms with Crippen molar-refractivity contribution in [1.82, 2.24) is 15.5 Å². The highest BCUT2D eigenvalue weighted by molar-refractivity contribution is 7.11. The first-order valence-electron chi connectivity index (χ1n) is 8.41. The molecular formula is C17H30N4S. The Morgan fingerprint density at radius 1 is 1.32 bits per heavy atom. The molecule has 0 spiro atoms. The molecule has 1 aliphatic carbocycles. The molecule has 0 unspecified atom stereocenters. The van der Waals surface area contributed by atoms with Crippen LogP contribution in [0.5, 0.6) is 0 Å². The Hall–Kier alpha value is -1.07. The molecule has 1 aromatic rings. The van der Waals surface area contributed by atoms with Crippen LogP contribution < -0.4 is 10.6 Å². The molecule has 0 bridgehead atoms. The summed E-state index contributed by atoms with van der Waals surface area (Å²) in [6, 6.07) is 5.86. The van der Waals surface area contributed by atoms with E-state index in [4.69, 9.17) is 0 Å². The predicted molar refractivity (Wildman–Crippen MR) is 96.8 cm³/mol. The number of nitrogens with zero attached hydrogens (tertiary/aromatic N) is 2. The molecule has 124 valence electrons. The summed E-state index contributed by atoms with van der Waals surface area (Å²) in [5.41, 5.74) is 0. The molecule has 0 aliphatic heterocycles. The lowest BCUT2D eigenvalue weighted by Gasteiger charge is -2.26. The van der Waals surface area contributed by atoms with Gasteiger partial charge in [-0.25, -0.2) is 0 Å². The fraction of sp³-hybridized carbons (Fsp3) is 0.706. The van der Waals surface area contributed by atoms with E-state index in [-0.39, 0.29) is 0 Å². The standard InChI is InChI=1S/C17H30N4S/c1-5-15-8-9-16(22-15)12-20-17(18-4)19-10-11-21(13(2)3)14-6-7-14/h8-9,13-14H,5-7,10-12H2,1-4H3,(H2,18,19,20). The monoisotopic (exact) mass is 322 g/mol. The fourth-order valence-corrected chi connectivity index (χ4v) is 3.57. The molecule has 1 fully saturated rings. The van der Waals surface area contributed by atoms with E-state index in [0.29, 0.717) is 6.04 Å². The van der Waals surface area contributed by atoms with Gasteiger partial charge < -0.3 is 10.6 Å². The van der Waals surface area contributed by atoms with E-state index in [1.807, 2.05) is 18.4 Å². The Morgan fingerprint density at radius 3 is 2.59 bits per heavy atom. The zero-order chi connectivity index (χ0) is 15.9. The van der Waals surface area contributed by atoms with Crippen LogP contribution in [-0.4, -0.2) is 43.1 Å². The van der Waals surface area contributed by atoms with Gasteiger partial charge in [0.05, 0.1) is 6.54 Å². The maximum absolute atomic E-state index is 4.31. The van der Waals surface area contributed by atoms with E-state index in [1.54, 1.807) is 0 Å². The van der Waals surface area contributed by atoms with Gasteiger partial charge in [-0.1, -0.05) is 6.92 Å². The van der Waals surface area contributed by atoms with Crippen LogP contribution in [0, 0.1) is 0 Å². The molecule has 0 amide bonds. The average Bonchev–Trinajstić information content (AvgIpc) is 3.23. The van der Waals surface area contributed by atoms with Crippen LogP contribution in [-0.2, 0) is 13.0 Å². The smallest absolute Gasteiger partial charge is 0.191 e. The molecule has 2 rings (SSSR count). The first kappa shape index (κ1) is 17.3.